The van der Waals surface area contributed by atoms with Crippen molar-refractivity contribution < 1.29 is 28.2 Å². The van der Waals surface area contributed by atoms with E-state index in [0.717, 1.165) is 12.1 Å². The number of carbonyl (C=O) groups excluding carboxylic acids is 1. The van der Waals surface area contributed by atoms with E-state index in [9.17, 15) is 18.4 Å². The molecule has 1 amide bonds. The number of anilines is 1. The van der Waals surface area contributed by atoms with Crippen LogP contribution in [0.25, 0.3) is 0 Å². The van der Waals surface area contributed by atoms with E-state index in [4.69, 9.17) is 9.84 Å². The van der Waals surface area contributed by atoms with Gasteiger partial charge in [-0.2, -0.15) is 0 Å². The normalized spacial score (nSPS) is 15.0. The van der Waals surface area contributed by atoms with E-state index in [1.807, 2.05) is 0 Å². The highest BCUT2D eigenvalue weighted by atomic mass is 19.1. The van der Waals surface area contributed by atoms with Crippen LogP contribution < -0.4 is 10.1 Å². The first-order valence-corrected chi connectivity index (χ1v) is 8.06. The fourth-order valence-electron chi connectivity index (χ4n) is 3.27. The van der Waals surface area contributed by atoms with Crippen molar-refractivity contribution in [2.45, 2.75) is 24.7 Å². The highest BCUT2D eigenvalue weighted by molar-refractivity contribution is 6.01. The molecule has 5 nitrogen and oxygen atoms in total. The van der Waals surface area contributed by atoms with Crippen molar-refractivity contribution in [3.63, 3.8) is 0 Å². The van der Waals surface area contributed by atoms with E-state index in [-0.39, 0.29) is 16.9 Å². The molecule has 26 heavy (non-hydrogen) atoms. The van der Waals surface area contributed by atoms with E-state index in [1.54, 1.807) is 0 Å². The van der Waals surface area contributed by atoms with Crippen LogP contribution in [0.5, 0.6) is 5.75 Å². The standard InChI is InChI=1S/C19H17F2NO4/c1-26-15-10-11(6-7-12(15)17(23)24)22-18(25)19(8-3-9-19)16-13(20)4-2-5-14(16)21/h2,4-7,10H,3,8-9H2,1H3,(H,22,25)(H,23,24). The van der Waals surface area contributed by atoms with Crippen LogP contribution in [0.2, 0.25) is 0 Å². The van der Waals surface area contributed by atoms with Gasteiger partial charge in [0.1, 0.15) is 22.9 Å². The number of hydrogen-bond donors (Lipinski definition) is 2. The molecule has 0 atom stereocenters. The van der Waals surface area contributed by atoms with Crippen molar-refractivity contribution in [2.24, 2.45) is 0 Å². The number of carboxylic acid groups (broad SMARTS) is 1. The van der Waals surface area contributed by atoms with Crippen LogP contribution in [0.15, 0.2) is 36.4 Å². The number of methoxy groups -OCH3 is 1. The summed E-state index contributed by atoms with van der Waals surface area (Å²) in [5.41, 5.74) is -1.25. The second kappa shape index (κ2) is 6.74. The predicted octanol–water partition coefficient (Wildman–Crippen LogP) is 3.73. The van der Waals surface area contributed by atoms with E-state index in [2.05, 4.69) is 5.32 Å². The third kappa shape index (κ3) is 2.89. The molecule has 2 aromatic carbocycles. The Balaban J connectivity index is 1.93. The molecular weight excluding hydrogens is 344 g/mol. The van der Waals surface area contributed by atoms with Gasteiger partial charge in [0.25, 0.3) is 0 Å². The summed E-state index contributed by atoms with van der Waals surface area (Å²) in [6.45, 7) is 0. The van der Waals surface area contributed by atoms with Crippen LogP contribution in [0.3, 0.4) is 0 Å². The van der Waals surface area contributed by atoms with Crippen molar-refractivity contribution in [2.75, 3.05) is 12.4 Å². The van der Waals surface area contributed by atoms with Gasteiger partial charge in [-0.1, -0.05) is 12.5 Å². The van der Waals surface area contributed by atoms with Crippen LogP contribution in [-0.2, 0) is 10.2 Å². The first kappa shape index (κ1) is 17.8. The van der Waals surface area contributed by atoms with Crippen molar-refractivity contribution in [1.29, 1.82) is 0 Å². The molecule has 7 heteroatoms. The van der Waals surface area contributed by atoms with Crippen molar-refractivity contribution in [3.8, 4) is 5.75 Å². The number of carbonyl (C=O) groups is 2. The Bertz CT molecular complexity index is 858. The largest absolute Gasteiger partial charge is 0.496 e. The van der Waals surface area contributed by atoms with Crippen molar-refractivity contribution >= 4 is 17.6 Å². The molecule has 0 heterocycles. The molecule has 0 spiro atoms. The monoisotopic (exact) mass is 361 g/mol. The highest BCUT2D eigenvalue weighted by Crippen LogP contribution is 2.46. The minimum absolute atomic E-state index is 0.0518. The maximum atomic E-state index is 14.2. The number of nitrogens with one attached hydrogen (secondary N) is 1. The number of carboxylic acids is 1. The van der Waals surface area contributed by atoms with E-state index in [1.165, 1.54) is 31.4 Å². The summed E-state index contributed by atoms with van der Waals surface area (Å²) in [5.74, 6) is -3.12. The smallest absolute Gasteiger partial charge is 0.339 e. The Labute approximate surface area is 148 Å². The quantitative estimate of drug-likeness (QED) is 0.851. The highest BCUT2D eigenvalue weighted by Gasteiger charge is 2.49. The third-order valence-electron chi connectivity index (χ3n) is 4.77. The zero-order chi connectivity index (χ0) is 18.9. The first-order chi connectivity index (χ1) is 12.4. The Morgan fingerprint density at radius 3 is 2.31 bits per heavy atom. The molecule has 1 fully saturated rings. The first-order valence-electron chi connectivity index (χ1n) is 8.06. The molecule has 0 aromatic heterocycles. The average Bonchev–Trinajstić information content (AvgIpc) is 2.56. The molecule has 1 saturated carbocycles. The summed E-state index contributed by atoms with van der Waals surface area (Å²) < 4.78 is 33.5. The van der Waals surface area contributed by atoms with Gasteiger partial charge in [-0.25, -0.2) is 13.6 Å². The second-order valence-corrected chi connectivity index (χ2v) is 6.21. The lowest BCUT2D eigenvalue weighted by Crippen LogP contribution is -2.47. The predicted molar refractivity (Wildman–Crippen MR) is 90.5 cm³/mol. The summed E-state index contributed by atoms with van der Waals surface area (Å²) in [6.07, 6.45) is 1.35. The summed E-state index contributed by atoms with van der Waals surface area (Å²) in [7, 11) is 1.31. The lowest BCUT2D eigenvalue weighted by Gasteiger charge is -2.40. The molecule has 0 bridgehead atoms. The number of amides is 1. The van der Waals surface area contributed by atoms with E-state index >= 15 is 0 Å². The minimum atomic E-state index is -1.27. The molecule has 1 aliphatic rings. The lowest BCUT2D eigenvalue weighted by molar-refractivity contribution is -0.124. The van der Waals surface area contributed by atoms with Gasteiger partial charge >= 0.3 is 5.97 Å². The van der Waals surface area contributed by atoms with Crippen LogP contribution >= 0.6 is 0 Å². The molecule has 2 aromatic rings. The van der Waals surface area contributed by atoms with Gasteiger partial charge in [0.15, 0.2) is 0 Å². The summed E-state index contributed by atoms with van der Waals surface area (Å²) in [6, 6.07) is 7.61. The Morgan fingerprint density at radius 1 is 1.15 bits per heavy atom. The molecule has 3 rings (SSSR count). The molecule has 0 aliphatic heterocycles. The van der Waals surface area contributed by atoms with Gasteiger partial charge in [0, 0.05) is 17.3 Å². The fourth-order valence-corrected chi connectivity index (χ4v) is 3.27. The number of rotatable bonds is 5. The minimum Gasteiger partial charge on any atom is -0.496 e. The molecule has 0 radical (unpaired) electrons. The molecule has 0 unspecified atom stereocenters. The van der Waals surface area contributed by atoms with Crippen LogP contribution in [0.1, 0.15) is 35.2 Å². The number of aromatic carboxylic acids is 1. The second-order valence-electron chi connectivity index (χ2n) is 6.21. The Morgan fingerprint density at radius 2 is 1.81 bits per heavy atom. The summed E-state index contributed by atoms with van der Waals surface area (Å²) in [5, 5.41) is 11.7. The van der Waals surface area contributed by atoms with Crippen LogP contribution in [0.4, 0.5) is 14.5 Å². The Hall–Kier alpha value is -2.96. The number of halogens is 2. The van der Waals surface area contributed by atoms with Crippen LogP contribution in [-0.4, -0.2) is 24.1 Å². The summed E-state index contributed by atoms with van der Waals surface area (Å²) >= 11 is 0. The molecule has 136 valence electrons. The van der Waals surface area contributed by atoms with Gasteiger partial charge in [-0.15, -0.1) is 0 Å². The van der Waals surface area contributed by atoms with E-state index < -0.39 is 28.9 Å². The SMILES string of the molecule is COc1cc(NC(=O)C2(c3c(F)cccc3F)CCC2)ccc1C(=O)O. The lowest BCUT2D eigenvalue weighted by atomic mass is 9.63. The fraction of sp³-hybridized carbons (Fsp3) is 0.263. The van der Waals surface area contributed by atoms with Gasteiger partial charge < -0.3 is 15.2 Å². The zero-order valence-corrected chi connectivity index (χ0v) is 14.0. The van der Waals surface area contributed by atoms with Crippen molar-refractivity contribution in [3.05, 3.63) is 59.2 Å². The number of benzene rings is 2. The number of ether oxygens (including phenoxy) is 1. The van der Waals surface area contributed by atoms with E-state index in [0.29, 0.717) is 24.9 Å². The zero-order valence-electron chi connectivity index (χ0n) is 14.0. The third-order valence-corrected chi connectivity index (χ3v) is 4.77. The van der Waals surface area contributed by atoms with Gasteiger partial charge in [-0.3, -0.25) is 4.79 Å². The van der Waals surface area contributed by atoms with Crippen molar-refractivity contribution in [1.82, 2.24) is 0 Å². The molecular formula is C19H17F2NO4. The topological polar surface area (TPSA) is 75.6 Å². The maximum Gasteiger partial charge on any atom is 0.339 e. The molecule has 2 N–H and O–H groups in total. The molecule has 0 saturated heterocycles. The maximum absolute atomic E-state index is 14.2. The summed E-state index contributed by atoms with van der Waals surface area (Å²) in [4.78, 5) is 24.0. The van der Waals surface area contributed by atoms with Gasteiger partial charge in [0.2, 0.25) is 5.91 Å². The molecule has 1 aliphatic carbocycles. The Kier molecular flexibility index (Phi) is 4.63. The average molecular weight is 361 g/mol. The van der Waals surface area contributed by atoms with Gasteiger partial charge in [-0.05, 0) is 37.1 Å². The van der Waals surface area contributed by atoms with Gasteiger partial charge in [0.05, 0.1) is 12.5 Å². The van der Waals surface area contributed by atoms with Crippen LogP contribution in [0, 0.1) is 11.6 Å². The number of hydrogen-bond acceptors (Lipinski definition) is 3.